The van der Waals surface area contributed by atoms with Crippen LogP contribution in [0, 0.1) is 12.7 Å². The summed E-state index contributed by atoms with van der Waals surface area (Å²) >= 11 is 0. The fourth-order valence-electron chi connectivity index (χ4n) is 3.45. The zero-order valence-electron chi connectivity index (χ0n) is 16.0. The van der Waals surface area contributed by atoms with E-state index in [9.17, 15) is 4.39 Å². The zero-order valence-corrected chi connectivity index (χ0v) is 16.0. The molecule has 1 aliphatic heterocycles. The van der Waals surface area contributed by atoms with Gasteiger partial charge in [0.1, 0.15) is 18.1 Å². The highest BCUT2D eigenvalue weighted by atomic mass is 19.1. The van der Waals surface area contributed by atoms with Crippen LogP contribution in [0.1, 0.15) is 11.1 Å². The van der Waals surface area contributed by atoms with Crippen LogP contribution in [0.3, 0.4) is 0 Å². The average molecular weight is 378 g/mol. The van der Waals surface area contributed by atoms with Crippen molar-refractivity contribution in [3.8, 4) is 28.3 Å². The summed E-state index contributed by atoms with van der Waals surface area (Å²) in [7, 11) is 2.02. The van der Waals surface area contributed by atoms with E-state index in [0.29, 0.717) is 30.3 Å². The number of hydrogen-bond acceptors (Lipinski definition) is 5. The third kappa shape index (κ3) is 3.16. The number of halogens is 1. The van der Waals surface area contributed by atoms with E-state index in [-0.39, 0.29) is 5.82 Å². The molecule has 0 saturated heterocycles. The molecule has 0 unspecified atom stereocenters. The second-order valence-electron chi connectivity index (χ2n) is 7.06. The third-order valence-corrected chi connectivity index (χ3v) is 5.15. The van der Waals surface area contributed by atoms with Crippen molar-refractivity contribution in [1.29, 1.82) is 0 Å². The first-order valence-corrected chi connectivity index (χ1v) is 9.22. The summed E-state index contributed by atoms with van der Waals surface area (Å²) in [6.45, 7) is 3.47. The van der Waals surface area contributed by atoms with Gasteiger partial charge in [-0.2, -0.15) is 0 Å². The molecule has 0 saturated carbocycles. The first-order valence-electron chi connectivity index (χ1n) is 9.22. The number of aryl methyl sites for hydroxylation is 1. The maximum atomic E-state index is 13.8. The molecular formula is C22H23FN4O. The highest BCUT2D eigenvalue weighted by molar-refractivity contribution is 5.85. The molecule has 2 aromatic carbocycles. The number of fused-ring (bicyclic) bond motifs is 1. The number of anilines is 2. The minimum Gasteiger partial charge on any atom is -0.474 e. The number of nitrogens with zero attached hydrogens (tertiary/aromatic N) is 2. The molecule has 3 aromatic rings. The van der Waals surface area contributed by atoms with Crippen molar-refractivity contribution in [1.82, 2.24) is 4.98 Å². The maximum Gasteiger partial charge on any atom is 0.238 e. The Kier molecular flexibility index (Phi) is 4.65. The van der Waals surface area contributed by atoms with Gasteiger partial charge in [-0.25, -0.2) is 9.37 Å². The lowest BCUT2D eigenvalue weighted by Crippen LogP contribution is -2.29. The van der Waals surface area contributed by atoms with E-state index in [1.807, 2.05) is 25.2 Å². The molecule has 1 aromatic heterocycles. The van der Waals surface area contributed by atoms with Crippen LogP contribution < -0.4 is 21.1 Å². The summed E-state index contributed by atoms with van der Waals surface area (Å²) in [4.78, 5) is 6.93. The molecule has 1 aliphatic rings. The second-order valence-corrected chi connectivity index (χ2v) is 7.06. The van der Waals surface area contributed by atoms with Crippen LogP contribution in [0.25, 0.3) is 22.4 Å². The molecule has 144 valence electrons. The molecule has 0 radical (unpaired) electrons. The molecular weight excluding hydrogens is 355 g/mol. The van der Waals surface area contributed by atoms with Gasteiger partial charge < -0.3 is 21.1 Å². The number of ether oxygens (including phenoxy) is 1. The molecule has 0 fully saturated rings. The summed E-state index contributed by atoms with van der Waals surface area (Å²) < 4.78 is 19.6. The van der Waals surface area contributed by atoms with Crippen molar-refractivity contribution in [2.24, 2.45) is 5.73 Å². The van der Waals surface area contributed by atoms with Crippen molar-refractivity contribution in [3.63, 3.8) is 0 Å². The van der Waals surface area contributed by atoms with Gasteiger partial charge in [-0.3, -0.25) is 0 Å². The Bertz CT molecular complexity index is 1050. The quantitative estimate of drug-likeness (QED) is 0.679. The largest absolute Gasteiger partial charge is 0.474 e. The monoisotopic (exact) mass is 378 g/mol. The van der Waals surface area contributed by atoms with E-state index < -0.39 is 0 Å². The van der Waals surface area contributed by atoms with Gasteiger partial charge in [-0.1, -0.05) is 6.07 Å². The molecule has 0 bridgehead atoms. The van der Waals surface area contributed by atoms with Crippen LogP contribution in [-0.4, -0.2) is 25.2 Å². The predicted octanol–water partition coefficient (Wildman–Crippen LogP) is 3.73. The Morgan fingerprint density at radius 2 is 1.93 bits per heavy atom. The highest BCUT2D eigenvalue weighted by Crippen LogP contribution is 2.40. The number of nitrogen functional groups attached to an aromatic ring is 1. The Balaban J connectivity index is 1.97. The van der Waals surface area contributed by atoms with Crippen molar-refractivity contribution < 1.29 is 9.13 Å². The van der Waals surface area contributed by atoms with Crippen molar-refractivity contribution >= 4 is 11.4 Å². The number of nitrogens with two attached hydrogens (primary N) is 2. The van der Waals surface area contributed by atoms with Gasteiger partial charge in [-0.05, 0) is 60.0 Å². The number of likely N-dealkylation sites (N-methyl/N-ethyl adjacent to an activating group) is 1. The van der Waals surface area contributed by atoms with E-state index >= 15 is 0 Å². The van der Waals surface area contributed by atoms with Gasteiger partial charge in [0, 0.05) is 30.4 Å². The van der Waals surface area contributed by atoms with E-state index in [2.05, 4.69) is 11.0 Å². The van der Waals surface area contributed by atoms with Crippen molar-refractivity contribution in [2.75, 3.05) is 30.8 Å². The number of hydrogen-bond donors (Lipinski definition) is 2. The molecule has 5 nitrogen and oxygen atoms in total. The van der Waals surface area contributed by atoms with Gasteiger partial charge in [-0.15, -0.1) is 0 Å². The zero-order chi connectivity index (χ0) is 19.8. The standard InChI is InChI=1S/C22H23FN4O/c1-13-9-15(3-5-18(13)23)21-17(14-4-6-19(25)16(10-14)12-24)11-20-22(26-21)28-8-7-27(20)2/h3-6,9-11H,7-8,12,24-25H2,1-2H3. The predicted molar refractivity (Wildman–Crippen MR) is 111 cm³/mol. The number of aromatic nitrogens is 1. The Morgan fingerprint density at radius 3 is 2.68 bits per heavy atom. The number of benzene rings is 2. The fourth-order valence-corrected chi connectivity index (χ4v) is 3.45. The Hall–Kier alpha value is -3.12. The summed E-state index contributed by atoms with van der Waals surface area (Å²) in [5, 5.41) is 0. The molecule has 0 amide bonds. The summed E-state index contributed by atoms with van der Waals surface area (Å²) in [5.41, 5.74) is 18.4. The van der Waals surface area contributed by atoms with E-state index in [1.54, 1.807) is 19.1 Å². The van der Waals surface area contributed by atoms with Crippen LogP contribution in [0.15, 0.2) is 42.5 Å². The van der Waals surface area contributed by atoms with Crippen molar-refractivity contribution in [2.45, 2.75) is 13.5 Å². The van der Waals surface area contributed by atoms with Crippen LogP contribution in [-0.2, 0) is 6.54 Å². The smallest absolute Gasteiger partial charge is 0.238 e. The van der Waals surface area contributed by atoms with E-state index in [1.165, 1.54) is 6.07 Å². The molecule has 2 heterocycles. The summed E-state index contributed by atoms with van der Waals surface area (Å²) in [5.74, 6) is 0.348. The van der Waals surface area contributed by atoms with Crippen LogP contribution >= 0.6 is 0 Å². The Morgan fingerprint density at radius 1 is 1.14 bits per heavy atom. The van der Waals surface area contributed by atoms with Crippen LogP contribution in [0.4, 0.5) is 15.8 Å². The fraction of sp³-hybridized carbons (Fsp3) is 0.227. The molecule has 0 aliphatic carbocycles. The second kappa shape index (κ2) is 7.13. The summed E-state index contributed by atoms with van der Waals surface area (Å²) in [6.07, 6.45) is 0. The lowest BCUT2D eigenvalue weighted by molar-refractivity contribution is 0.299. The van der Waals surface area contributed by atoms with Crippen LogP contribution in [0.5, 0.6) is 5.88 Å². The SMILES string of the molecule is Cc1cc(-c2nc3c(cc2-c2ccc(N)c(CN)c2)N(C)CCO3)ccc1F. The van der Waals surface area contributed by atoms with Gasteiger partial charge in [0.25, 0.3) is 0 Å². The topological polar surface area (TPSA) is 77.4 Å². The van der Waals surface area contributed by atoms with Gasteiger partial charge in [0.05, 0.1) is 12.2 Å². The normalized spacial score (nSPS) is 13.2. The highest BCUT2D eigenvalue weighted by Gasteiger charge is 2.22. The van der Waals surface area contributed by atoms with Crippen LogP contribution in [0.2, 0.25) is 0 Å². The summed E-state index contributed by atoms with van der Waals surface area (Å²) in [6, 6.07) is 12.9. The van der Waals surface area contributed by atoms with Crippen molar-refractivity contribution in [3.05, 3.63) is 59.4 Å². The lowest BCUT2D eigenvalue weighted by atomic mass is 9.95. The Labute approximate surface area is 163 Å². The first kappa shape index (κ1) is 18.3. The molecule has 6 heteroatoms. The molecule has 0 spiro atoms. The van der Waals surface area contributed by atoms with E-state index in [4.69, 9.17) is 21.2 Å². The third-order valence-electron chi connectivity index (χ3n) is 5.15. The number of rotatable bonds is 3. The van der Waals surface area contributed by atoms with Gasteiger partial charge in [0.15, 0.2) is 0 Å². The van der Waals surface area contributed by atoms with E-state index in [0.717, 1.165) is 40.2 Å². The maximum absolute atomic E-state index is 13.8. The lowest BCUT2D eigenvalue weighted by Gasteiger charge is -2.28. The molecule has 4 rings (SSSR count). The minimum absolute atomic E-state index is 0.239. The molecule has 28 heavy (non-hydrogen) atoms. The number of pyridine rings is 1. The van der Waals surface area contributed by atoms with Gasteiger partial charge >= 0.3 is 0 Å². The molecule has 0 atom stereocenters. The first-order chi connectivity index (χ1) is 13.5. The molecule has 4 N–H and O–H groups in total. The minimum atomic E-state index is -0.239. The average Bonchev–Trinajstić information content (AvgIpc) is 2.70. The van der Waals surface area contributed by atoms with Gasteiger partial charge in [0.2, 0.25) is 5.88 Å².